The van der Waals surface area contributed by atoms with Crippen LogP contribution in [-0.2, 0) is 11.2 Å². The van der Waals surface area contributed by atoms with Gasteiger partial charge in [-0.05, 0) is 42.3 Å². The number of anilines is 2. The highest BCUT2D eigenvalue weighted by Crippen LogP contribution is 2.29. The van der Waals surface area contributed by atoms with Gasteiger partial charge in [0.25, 0.3) is 5.91 Å². The number of hydrogen-bond acceptors (Lipinski definition) is 3. The maximum atomic E-state index is 12.7. The van der Waals surface area contributed by atoms with E-state index in [0.29, 0.717) is 25.3 Å². The van der Waals surface area contributed by atoms with Crippen LogP contribution in [0.3, 0.4) is 0 Å². The summed E-state index contributed by atoms with van der Waals surface area (Å²) in [5.74, 6) is -0.00880. The number of fused-ring (bicyclic) bond motifs is 1. The number of carbonyl (C=O) groups is 2. The van der Waals surface area contributed by atoms with E-state index in [1.807, 2.05) is 23.1 Å². The first kappa shape index (κ1) is 13.8. The SMILES string of the molecule is O=C1OCCN1c1ccc(C(=O)N2CCc3ccccc32)cc1. The Hall–Kier alpha value is -2.82. The van der Waals surface area contributed by atoms with E-state index in [2.05, 4.69) is 6.07 Å². The molecular formula is C18H16N2O3. The number of cyclic esters (lactones) is 1. The average Bonchev–Trinajstić information content (AvgIpc) is 3.20. The van der Waals surface area contributed by atoms with Crippen molar-refractivity contribution in [3.8, 4) is 0 Å². The Morgan fingerprint density at radius 1 is 1.00 bits per heavy atom. The van der Waals surface area contributed by atoms with Crippen LogP contribution in [0.2, 0.25) is 0 Å². The Balaban J connectivity index is 1.57. The predicted molar refractivity (Wildman–Crippen MR) is 87.0 cm³/mol. The molecule has 0 aliphatic carbocycles. The Morgan fingerprint density at radius 2 is 1.78 bits per heavy atom. The highest BCUT2D eigenvalue weighted by Gasteiger charge is 2.26. The van der Waals surface area contributed by atoms with Crippen LogP contribution >= 0.6 is 0 Å². The Bertz CT molecular complexity index is 770. The normalized spacial score (nSPS) is 16.4. The lowest BCUT2D eigenvalue weighted by Crippen LogP contribution is -2.29. The molecule has 1 fully saturated rings. The lowest BCUT2D eigenvalue weighted by molar-refractivity contribution is 0.0989. The second-order valence-corrected chi connectivity index (χ2v) is 5.65. The molecule has 2 amide bonds. The molecule has 0 spiro atoms. The molecule has 0 unspecified atom stereocenters. The van der Waals surface area contributed by atoms with Gasteiger partial charge in [-0.2, -0.15) is 0 Å². The Kier molecular flexibility index (Phi) is 3.26. The van der Waals surface area contributed by atoms with Crippen molar-refractivity contribution in [1.29, 1.82) is 0 Å². The third-order valence-electron chi connectivity index (χ3n) is 4.32. The van der Waals surface area contributed by atoms with Gasteiger partial charge in [0.1, 0.15) is 6.61 Å². The molecule has 0 bridgehead atoms. The maximum Gasteiger partial charge on any atom is 0.414 e. The van der Waals surface area contributed by atoms with E-state index in [-0.39, 0.29) is 12.0 Å². The fourth-order valence-electron chi connectivity index (χ4n) is 3.12. The number of amides is 2. The monoisotopic (exact) mass is 308 g/mol. The second kappa shape index (κ2) is 5.43. The van der Waals surface area contributed by atoms with Crippen molar-refractivity contribution in [3.63, 3.8) is 0 Å². The van der Waals surface area contributed by atoms with E-state index in [1.54, 1.807) is 29.2 Å². The van der Waals surface area contributed by atoms with Crippen LogP contribution in [-0.4, -0.2) is 31.7 Å². The first-order valence-corrected chi connectivity index (χ1v) is 7.68. The van der Waals surface area contributed by atoms with Gasteiger partial charge >= 0.3 is 6.09 Å². The van der Waals surface area contributed by atoms with E-state index in [9.17, 15) is 9.59 Å². The predicted octanol–water partition coefficient (Wildman–Crippen LogP) is 2.85. The standard InChI is InChI=1S/C18H16N2O3/c21-17(20-10-9-13-3-1-2-4-16(13)20)14-5-7-15(8-6-14)19-11-12-23-18(19)22/h1-8H,9-12H2. The molecule has 4 rings (SSSR count). The van der Waals surface area contributed by atoms with Gasteiger partial charge in [-0.3, -0.25) is 9.69 Å². The largest absolute Gasteiger partial charge is 0.447 e. The number of benzene rings is 2. The lowest BCUT2D eigenvalue weighted by Gasteiger charge is -2.18. The third kappa shape index (κ3) is 2.34. The molecule has 0 N–H and O–H groups in total. The summed E-state index contributed by atoms with van der Waals surface area (Å²) in [6, 6.07) is 15.1. The van der Waals surface area contributed by atoms with E-state index >= 15 is 0 Å². The molecule has 2 aliphatic rings. The minimum atomic E-state index is -0.336. The maximum absolute atomic E-state index is 12.7. The summed E-state index contributed by atoms with van der Waals surface area (Å²) in [4.78, 5) is 27.7. The summed E-state index contributed by atoms with van der Waals surface area (Å²) >= 11 is 0. The molecule has 116 valence electrons. The first-order valence-electron chi connectivity index (χ1n) is 7.68. The number of rotatable bonds is 2. The van der Waals surface area contributed by atoms with E-state index in [4.69, 9.17) is 4.74 Å². The summed E-state index contributed by atoms with van der Waals surface area (Å²) < 4.78 is 4.93. The van der Waals surface area contributed by atoms with Gasteiger partial charge in [0.05, 0.1) is 6.54 Å². The van der Waals surface area contributed by atoms with Crippen molar-refractivity contribution in [2.75, 3.05) is 29.5 Å². The fourth-order valence-corrected chi connectivity index (χ4v) is 3.12. The number of carbonyl (C=O) groups excluding carboxylic acids is 2. The zero-order valence-corrected chi connectivity index (χ0v) is 12.6. The molecule has 23 heavy (non-hydrogen) atoms. The summed E-state index contributed by atoms with van der Waals surface area (Å²) in [7, 11) is 0. The molecule has 0 saturated carbocycles. The lowest BCUT2D eigenvalue weighted by atomic mass is 10.1. The quantitative estimate of drug-likeness (QED) is 0.857. The summed E-state index contributed by atoms with van der Waals surface area (Å²) in [5, 5.41) is 0. The van der Waals surface area contributed by atoms with Gasteiger partial charge in [-0.15, -0.1) is 0 Å². The molecule has 0 atom stereocenters. The molecule has 2 aromatic carbocycles. The van der Waals surface area contributed by atoms with Crippen LogP contribution in [0.15, 0.2) is 48.5 Å². The molecule has 5 heteroatoms. The van der Waals surface area contributed by atoms with Crippen LogP contribution < -0.4 is 9.80 Å². The smallest absolute Gasteiger partial charge is 0.414 e. The Morgan fingerprint density at radius 3 is 2.52 bits per heavy atom. The van der Waals surface area contributed by atoms with E-state index in [1.165, 1.54) is 5.56 Å². The molecule has 2 aliphatic heterocycles. The minimum Gasteiger partial charge on any atom is -0.447 e. The van der Waals surface area contributed by atoms with Crippen molar-refractivity contribution < 1.29 is 14.3 Å². The molecular weight excluding hydrogens is 292 g/mol. The highest BCUT2D eigenvalue weighted by molar-refractivity contribution is 6.07. The molecule has 0 radical (unpaired) electrons. The number of hydrogen-bond donors (Lipinski definition) is 0. The Labute approximate surface area is 134 Å². The van der Waals surface area contributed by atoms with Gasteiger partial charge in [0.2, 0.25) is 0 Å². The summed E-state index contributed by atoms with van der Waals surface area (Å²) in [5.41, 5.74) is 3.57. The van der Waals surface area contributed by atoms with Crippen LogP contribution in [0.5, 0.6) is 0 Å². The van der Waals surface area contributed by atoms with Gasteiger partial charge in [0.15, 0.2) is 0 Å². The van der Waals surface area contributed by atoms with Crippen LogP contribution in [0, 0.1) is 0 Å². The van der Waals surface area contributed by atoms with Crippen LogP contribution in [0.4, 0.5) is 16.2 Å². The summed E-state index contributed by atoms with van der Waals surface area (Å²) in [6.07, 6.45) is 0.553. The highest BCUT2D eigenvalue weighted by atomic mass is 16.6. The van der Waals surface area contributed by atoms with Crippen LogP contribution in [0.25, 0.3) is 0 Å². The summed E-state index contributed by atoms with van der Waals surface area (Å²) in [6.45, 7) is 1.66. The van der Waals surface area contributed by atoms with Crippen molar-refractivity contribution >= 4 is 23.4 Å². The second-order valence-electron chi connectivity index (χ2n) is 5.65. The van der Waals surface area contributed by atoms with E-state index in [0.717, 1.165) is 17.8 Å². The fraction of sp³-hybridized carbons (Fsp3) is 0.222. The van der Waals surface area contributed by atoms with Crippen molar-refractivity contribution in [1.82, 2.24) is 0 Å². The van der Waals surface area contributed by atoms with Crippen molar-refractivity contribution in [2.24, 2.45) is 0 Å². The van der Waals surface area contributed by atoms with E-state index < -0.39 is 0 Å². The van der Waals surface area contributed by atoms with Crippen molar-refractivity contribution in [2.45, 2.75) is 6.42 Å². The van der Waals surface area contributed by atoms with Gasteiger partial charge < -0.3 is 9.64 Å². The number of para-hydroxylation sites is 1. The molecule has 0 aromatic heterocycles. The molecule has 1 saturated heterocycles. The van der Waals surface area contributed by atoms with Crippen LogP contribution in [0.1, 0.15) is 15.9 Å². The zero-order chi connectivity index (χ0) is 15.8. The number of ether oxygens (including phenoxy) is 1. The van der Waals surface area contributed by atoms with Gasteiger partial charge in [-0.25, -0.2) is 4.79 Å². The minimum absolute atomic E-state index is 0.00880. The van der Waals surface area contributed by atoms with Crippen molar-refractivity contribution in [3.05, 3.63) is 59.7 Å². The van der Waals surface area contributed by atoms with Gasteiger partial charge in [0, 0.05) is 23.5 Å². The third-order valence-corrected chi connectivity index (χ3v) is 4.32. The number of nitrogens with zero attached hydrogens (tertiary/aromatic N) is 2. The van der Waals surface area contributed by atoms with Gasteiger partial charge in [-0.1, -0.05) is 18.2 Å². The topological polar surface area (TPSA) is 49.9 Å². The molecule has 2 aromatic rings. The molecule has 5 nitrogen and oxygen atoms in total. The zero-order valence-electron chi connectivity index (χ0n) is 12.6. The first-order chi connectivity index (χ1) is 11.2. The average molecular weight is 308 g/mol. The molecule has 2 heterocycles.